The third-order valence-electron chi connectivity index (χ3n) is 6.94. The zero-order chi connectivity index (χ0) is 24.6. The molecule has 1 fully saturated rings. The Morgan fingerprint density at radius 2 is 1.94 bits per heavy atom. The number of hydrogen-bond donors (Lipinski definition) is 2. The van der Waals surface area contributed by atoms with Crippen LogP contribution in [0.4, 0.5) is 23.1 Å². The van der Waals surface area contributed by atoms with E-state index >= 15 is 0 Å². The van der Waals surface area contributed by atoms with Crippen LogP contribution in [0.15, 0.2) is 36.7 Å². The summed E-state index contributed by atoms with van der Waals surface area (Å²) in [5, 5.41) is 7.35. The monoisotopic (exact) mass is 493 g/mol. The number of nitrogens with zero attached hydrogens (tertiary/aromatic N) is 5. The zero-order valence-corrected chi connectivity index (χ0v) is 21.5. The molecular weight excluding hydrogens is 462 g/mol. The van der Waals surface area contributed by atoms with Crippen LogP contribution < -0.4 is 20.3 Å². The molecule has 0 bridgehead atoms. The van der Waals surface area contributed by atoms with Crippen LogP contribution in [0, 0.1) is 0 Å². The van der Waals surface area contributed by atoms with Gasteiger partial charge >= 0.3 is 0 Å². The Morgan fingerprint density at radius 3 is 2.69 bits per heavy atom. The fourth-order valence-corrected chi connectivity index (χ4v) is 5.00. The summed E-state index contributed by atoms with van der Waals surface area (Å²) in [5.41, 5.74) is 4.70. The lowest BCUT2D eigenvalue weighted by Crippen LogP contribution is -2.46. The maximum absolute atomic E-state index is 6.73. The number of piperazine rings is 1. The van der Waals surface area contributed by atoms with Crippen LogP contribution in [-0.4, -0.2) is 66.2 Å². The normalized spacial score (nSPS) is 17.1. The lowest BCUT2D eigenvalue weighted by molar-refractivity contribution is 0.271. The van der Waals surface area contributed by atoms with E-state index in [9.17, 15) is 0 Å². The number of likely N-dealkylation sites (N-methyl/N-ethyl adjacent to an activating group) is 1. The highest BCUT2D eigenvalue weighted by atomic mass is 35.5. The number of aromatic nitrogens is 3. The van der Waals surface area contributed by atoms with Crippen molar-refractivity contribution in [2.24, 2.45) is 0 Å². The number of benzene rings is 1. The average Bonchev–Trinajstić information content (AvgIpc) is 3.18. The number of fused-ring (bicyclic) bond motifs is 1. The van der Waals surface area contributed by atoms with Crippen molar-refractivity contribution < 1.29 is 4.74 Å². The van der Waals surface area contributed by atoms with Gasteiger partial charge in [-0.25, -0.2) is 15.0 Å². The molecule has 0 spiro atoms. The molecule has 3 aromatic rings. The molecule has 2 aromatic heterocycles. The number of ether oxygens (including phenoxy) is 1. The number of methoxy groups -OCH3 is 1. The van der Waals surface area contributed by atoms with Crippen molar-refractivity contribution in [3.63, 3.8) is 0 Å². The average molecular weight is 494 g/mol. The molecule has 0 amide bonds. The van der Waals surface area contributed by atoms with Gasteiger partial charge in [-0.15, -0.1) is 0 Å². The third-order valence-corrected chi connectivity index (χ3v) is 7.24. The van der Waals surface area contributed by atoms with E-state index in [0.29, 0.717) is 16.7 Å². The molecule has 184 valence electrons. The minimum atomic E-state index is 0.0293. The molecule has 0 aliphatic carbocycles. The topological polar surface area (TPSA) is 78.4 Å². The number of anilines is 4. The Kier molecular flexibility index (Phi) is 6.42. The zero-order valence-electron chi connectivity index (χ0n) is 20.7. The number of pyridine rings is 1. The van der Waals surface area contributed by atoms with Crippen LogP contribution >= 0.6 is 11.6 Å². The van der Waals surface area contributed by atoms with Gasteiger partial charge in [0.2, 0.25) is 5.95 Å². The first kappa shape index (κ1) is 23.6. The molecule has 2 N–H and O–H groups in total. The Balaban J connectivity index is 1.39. The SMILES string of the molecule is CCN1CCN(c2cc(OC)c(Nc3nccc(-c4cnc5c(c4)C(C)(C)CN5)n3)cc2Cl)CC1. The van der Waals surface area contributed by atoms with Gasteiger partial charge in [0.1, 0.15) is 11.6 Å². The molecule has 1 aromatic carbocycles. The Hall–Kier alpha value is -3.10. The van der Waals surface area contributed by atoms with Gasteiger partial charge < -0.3 is 25.2 Å². The molecule has 9 heteroatoms. The number of nitrogens with one attached hydrogen (secondary N) is 2. The summed E-state index contributed by atoms with van der Waals surface area (Å²) in [7, 11) is 1.66. The van der Waals surface area contributed by atoms with Crippen molar-refractivity contribution in [2.45, 2.75) is 26.2 Å². The van der Waals surface area contributed by atoms with E-state index in [-0.39, 0.29) is 5.41 Å². The van der Waals surface area contributed by atoms with Crippen LogP contribution in [0.1, 0.15) is 26.3 Å². The predicted octanol–water partition coefficient (Wildman–Crippen LogP) is 4.79. The Morgan fingerprint density at radius 1 is 1.14 bits per heavy atom. The highest BCUT2D eigenvalue weighted by molar-refractivity contribution is 6.33. The van der Waals surface area contributed by atoms with Crippen molar-refractivity contribution >= 4 is 34.7 Å². The molecule has 0 radical (unpaired) electrons. The van der Waals surface area contributed by atoms with Gasteiger partial charge in [-0.1, -0.05) is 32.4 Å². The molecule has 2 aliphatic heterocycles. The summed E-state index contributed by atoms with van der Waals surface area (Å²) < 4.78 is 5.70. The number of rotatable bonds is 6. The largest absolute Gasteiger partial charge is 0.494 e. The minimum absolute atomic E-state index is 0.0293. The fraction of sp³-hybridized carbons (Fsp3) is 0.423. The standard InChI is InChI=1S/C26H32ClN7O/c1-5-33-8-10-34(11-9-33)22-14-23(35-4)21(13-19(22)27)32-25-28-7-6-20(31-25)17-12-18-24(29-15-17)30-16-26(18,2)3/h6-7,12-15H,5,8-11,16H2,1-4H3,(H,29,30)(H,28,31,32). The van der Waals surface area contributed by atoms with Crippen molar-refractivity contribution in [2.75, 3.05) is 61.9 Å². The second-order valence-electron chi connectivity index (χ2n) is 9.67. The molecule has 5 rings (SSSR count). The predicted molar refractivity (Wildman–Crippen MR) is 142 cm³/mol. The number of hydrogen-bond acceptors (Lipinski definition) is 8. The Bertz CT molecular complexity index is 1220. The van der Waals surface area contributed by atoms with E-state index in [1.165, 1.54) is 5.56 Å². The summed E-state index contributed by atoms with van der Waals surface area (Å²) in [4.78, 5) is 18.5. The number of halogens is 1. The van der Waals surface area contributed by atoms with E-state index in [1.54, 1.807) is 13.3 Å². The van der Waals surface area contributed by atoms with Crippen LogP contribution in [0.3, 0.4) is 0 Å². The van der Waals surface area contributed by atoms with Crippen LogP contribution in [0.25, 0.3) is 11.3 Å². The molecule has 8 nitrogen and oxygen atoms in total. The lowest BCUT2D eigenvalue weighted by atomic mass is 9.87. The van der Waals surface area contributed by atoms with Gasteiger partial charge in [-0.2, -0.15) is 0 Å². The highest BCUT2D eigenvalue weighted by Crippen LogP contribution is 2.39. The smallest absolute Gasteiger partial charge is 0.227 e. The van der Waals surface area contributed by atoms with E-state index in [2.05, 4.69) is 57.2 Å². The second kappa shape index (κ2) is 9.51. The lowest BCUT2D eigenvalue weighted by Gasteiger charge is -2.36. The van der Waals surface area contributed by atoms with E-state index < -0.39 is 0 Å². The van der Waals surface area contributed by atoms with Crippen LogP contribution in [0.5, 0.6) is 5.75 Å². The molecule has 1 saturated heterocycles. The van der Waals surface area contributed by atoms with E-state index in [1.807, 2.05) is 24.4 Å². The third kappa shape index (κ3) is 4.73. The van der Waals surface area contributed by atoms with E-state index in [4.69, 9.17) is 21.3 Å². The molecule has 0 unspecified atom stereocenters. The molecular formula is C26H32ClN7O. The second-order valence-corrected chi connectivity index (χ2v) is 10.1. The first-order valence-electron chi connectivity index (χ1n) is 12.1. The molecule has 2 aliphatic rings. The van der Waals surface area contributed by atoms with Gasteiger partial charge in [0.25, 0.3) is 0 Å². The van der Waals surface area contributed by atoms with Crippen molar-refractivity contribution in [1.29, 1.82) is 0 Å². The highest BCUT2D eigenvalue weighted by Gasteiger charge is 2.31. The maximum Gasteiger partial charge on any atom is 0.227 e. The summed E-state index contributed by atoms with van der Waals surface area (Å²) in [5.74, 6) is 2.11. The quantitative estimate of drug-likeness (QED) is 0.507. The summed E-state index contributed by atoms with van der Waals surface area (Å²) in [6.07, 6.45) is 3.60. The van der Waals surface area contributed by atoms with Crippen molar-refractivity contribution in [1.82, 2.24) is 19.9 Å². The summed E-state index contributed by atoms with van der Waals surface area (Å²) in [6, 6.07) is 7.95. The minimum Gasteiger partial charge on any atom is -0.494 e. The summed E-state index contributed by atoms with van der Waals surface area (Å²) >= 11 is 6.73. The van der Waals surface area contributed by atoms with Gasteiger partial charge in [-0.3, -0.25) is 0 Å². The molecule has 0 atom stereocenters. The van der Waals surface area contributed by atoms with Crippen molar-refractivity contribution in [3.8, 4) is 17.0 Å². The van der Waals surface area contributed by atoms with Gasteiger partial charge in [-0.05, 0) is 24.7 Å². The van der Waals surface area contributed by atoms with Crippen LogP contribution in [0.2, 0.25) is 5.02 Å². The van der Waals surface area contributed by atoms with Gasteiger partial charge in [0.15, 0.2) is 0 Å². The van der Waals surface area contributed by atoms with Gasteiger partial charge in [0, 0.05) is 67.7 Å². The molecule has 35 heavy (non-hydrogen) atoms. The van der Waals surface area contributed by atoms with E-state index in [0.717, 1.165) is 67.7 Å². The van der Waals surface area contributed by atoms with Crippen LogP contribution in [-0.2, 0) is 5.41 Å². The summed E-state index contributed by atoms with van der Waals surface area (Å²) in [6.45, 7) is 12.5. The van der Waals surface area contributed by atoms with Crippen molar-refractivity contribution in [3.05, 3.63) is 47.2 Å². The first-order chi connectivity index (χ1) is 16.9. The molecule has 0 saturated carbocycles. The Labute approximate surface area is 211 Å². The first-order valence-corrected chi connectivity index (χ1v) is 12.5. The fourth-order valence-electron chi connectivity index (χ4n) is 4.72. The maximum atomic E-state index is 6.73. The van der Waals surface area contributed by atoms with Gasteiger partial charge in [0.05, 0.1) is 29.2 Å². The molecule has 4 heterocycles.